The Balaban J connectivity index is 1.89. The van der Waals surface area contributed by atoms with Crippen LogP contribution in [0.25, 0.3) is 0 Å². The predicted octanol–water partition coefficient (Wildman–Crippen LogP) is 2.60. The van der Waals surface area contributed by atoms with E-state index in [9.17, 15) is 4.79 Å². The fourth-order valence-corrected chi connectivity index (χ4v) is 1.77. The second-order valence-electron chi connectivity index (χ2n) is 4.25. The monoisotopic (exact) mass is 271 g/mol. The molecule has 0 spiro atoms. The normalized spacial score (nSPS) is 9.85. The molecule has 20 heavy (non-hydrogen) atoms. The van der Waals surface area contributed by atoms with Crippen LogP contribution in [0.4, 0.5) is 16.2 Å². The Morgan fingerprint density at radius 2 is 1.95 bits per heavy atom. The number of nitrogens with one attached hydrogen (secondary N) is 2. The fraction of sp³-hybridized carbons (Fsp3) is 0.133. The van der Waals surface area contributed by atoms with E-state index in [2.05, 4.69) is 10.6 Å². The molecule has 2 aromatic carbocycles. The second-order valence-corrected chi connectivity index (χ2v) is 4.25. The summed E-state index contributed by atoms with van der Waals surface area (Å²) >= 11 is 0. The largest absolute Gasteiger partial charge is 0.495 e. The van der Waals surface area contributed by atoms with Gasteiger partial charge in [0, 0.05) is 12.2 Å². The number of para-hydroxylation sites is 1. The first kappa shape index (κ1) is 13.7. The van der Waals surface area contributed by atoms with Crippen molar-refractivity contribution in [1.29, 1.82) is 0 Å². The summed E-state index contributed by atoms with van der Waals surface area (Å²) in [5, 5.41) is 5.51. The van der Waals surface area contributed by atoms with Crippen LogP contribution in [-0.2, 0) is 6.54 Å². The Bertz CT molecular complexity index is 585. The third-order valence-electron chi connectivity index (χ3n) is 2.78. The molecule has 0 atom stereocenters. The number of urea groups is 1. The first-order valence-corrected chi connectivity index (χ1v) is 6.21. The van der Waals surface area contributed by atoms with E-state index in [0.29, 0.717) is 18.0 Å². The van der Waals surface area contributed by atoms with Gasteiger partial charge in [-0.1, -0.05) is 24.3 Å². The van der Waals surface area contributed by atoms with Crippen LogP contribution in [0.15, 0.2) is 48.5 Å². The number of ether oxygens (including phenoxy) is 1. The number of rotatable bonds is 4. The van der Waals surface area contributed by atoms with E-state index in [1.165, 1.54) is 0 Å². The van der Waals surface area contributed by atoms with Gasteiger partial charge in [-0.05, 0) is 29.8 Å². The molecule has 4 N–H and O–H groups in total. The highest BCUT2D eigenvalue weighted by Crippen LogP contribution is 2.21. The lowest BCUT2D eigenvalue weighted by Gasteiger charge is -2.09. The minimum absolute atomic E-state index is 0.259. The van der Waals surface area contributed by atoms with Gasteiger partial charge in [-0.15, -0.1) is 0 Å². The Morgan fingerprint density at radius 3 is 2.60 bits per heavy atom. The van der Waals surface area contributed by atoms with Gasteiger partial charge in [0.05, 0.1) is 12.8 Å². The highest BCUT2D eigenvalue weighted by Gasteiger charge is 2.03. The maximum absolute atomic E-state index is 11.7. The third kappa shape index (κ3) is 3.65. The summed E-state index contributed by atoms with van der Waals surface area (Å²) in [5.41, 5.74) is 8.02. The molecule has 2 amide bonds. The van der Waals surface area contributed by atoms with Crippen LogP contribution in [0.2, 0.25) is 0 Å². The van der Waals surface area contributed by atoms with Gasteiger partial charge in [-0.3, -0.25) is 0 Å². The fourth-order valence-electron chi connectivity index (χ4n) is 1.77. The molecule has 0 unspecified atom stereocenters. The minimum Gasteiger partial charge on any atom is -0.495 e. The minimum atomic E-state index is -0.259. The van der Waals surface area contributed by atoms with Crippen LogP contribution in [0.5, 0.6) is 5.75 Å². The number of benzene rings is 2. The van der Waals surface area contributed by atoms with Crippen molar-refractivity contribution in [2.45, 2.75) is 6.54 Å². The summed E-state index contributed by atoms with van der Waals surface area (Å²) in [6.07, 6.45) is 0. The number of carbonyl (C=O) groups excluding carboxylic acids is 1. The van der Waals surface area contributed by atoms with E-state index in [1.54, 1.807) is 19.2 Å². The van der Waals surface area contributed by atoms with Crippen LogP contribution >= 0.6 is 0 Å². The number of carbonyl (C=O) groups is 1. The predicted molar refractivity (Wildman–Crippen MR) is 79.7 cm³/mol. The molecule has 0 bridgehead atoms. The van der Waals surface area contributed by atoms with Crippen LogP contribution in [0.1, 0.15) is 5.56 Å². The summed E-state index contributed by atoms with van der Waals surface area (Å²) < 4.78 is 5.08. The van der Waals surface area contributed by atoms with E-state index < -0.39 is 0 Å². The van der Waals surface area contributed by atoms with Gasteiger partial charge in [0.1, 0.15) is 5.75 Å². The summed E-state index contributed by atoms with van der Waals surface area (Å²) in [6, 6.07) is 14.4. The summed E-state index contributed by atoms with van der Waals surface area (Å²) in [6.45, 7) is 0.396. The smallest absolute Gasteiger partial charge is 0.319 e. The number of amides is 2. The Labute approximate surface area is 117 Å². The summed E-state index contributed by atoms with van der Waals surface area (Å²) in [4.78, 5) is 11.7. The lowest BCUT2D eigenvalue weighted by Crippen LogP contribution is -2.28. The lowest BCUT2D eigenvalue weighted by molar-refractivity contribution is 0.251. The van der Waals surface area contributed by atoms with Gasteiger partial charge in [0.2, 0.25) is 0 Å². The van der Waals surface area contributed by atoms with Gasteiger partial charge in [-0.2, -0.15) is 0 Å². The van der Waals surface area contributed by atoms with Crippen molar-refractivity contribution in [3.05, 3.63) is 54.1 Å². The zero-order chi connectivity index (χ0) is 14.4. The molecule has 0 aromatic heterocycles. The Hall–Kier alpha value is -2.69. The van der Waals surface area contributed by atoms with E-state index in [0.717, 1.165) is 11.3 Å². The molecule has 2 aromatic rings. The third-order valence-corrected chi connectivity index (χ3v) is 2.78. The van der Waals surface area contributed by atoms with Crippen molar-refractivity contribution in [3.8, 4) is 5.75 Å². The molecule has 5 nitrogen and oxygen atoms in total. The molecule has 0 aliphatic heterocycles. The number of methoxy groups -OCH3 is 1. The molecule has 0 fully saturated rings. The summed E-state index contributed by atoms with van der Waals surface area (Å²) in [5.74, 6) is 0.627. The number of hydrogen-bond acceptors (Lipinski definition) is 3. The first-order valence-electron chi connectivity index (χ1n) is 6.21. The molecule has 0 aliphatic rings. The van der Waals surface area contributed by atoms with Gasteiger partial charge in [-0.25, -0.2) is 4.79 Å². The second kappa shape index (κ2) is 6.47. The van der Waals surface area contributed by atoms with Crippen molar-refractivity contribution >= 4 is 17.4 Å². The topological polar surface area (TPSA) is 76.4 Å². The molecule has 0 heterocycles. The van der Waals surface area contributed by atoms with E-state index in [4.69, 9.17) is 10.5 Å². The number of nitrogens with two attached hydrogens (primary N) is 1. The van der Waals surface area contributed by atoms with E-state index in [1.807, 2.05) is 36.4 Å². The van der Waals surface area contributed by atoms with Gasteiger partial charge in [0.15, 0.2) is 0 Å². The standard InChI is InChI=1S/C15H17N3O2/c1-20-14-8-7-11(9-13(14)16)10-17-15(19)18-12-5-3-2-4-6-12/h2-9H,10,16H2,1H3,(H2,17,18,19). The maximum Gasteiger partial charge on any atom is 0.319 e. The molecule has 0 radical (unpaired) electrons. The number of anilines is 2. The first-order chi connectivity index (χ1) is 9.69. The molecule has 0 aliphatic carbocycles. The average molecular weight is 271 g/mol. The zero-order valence-electron chi connectivity index (χ0n) is 11.2. The Morgan fingerprint density at radius 1 is 1.20 bits per heavy atom. The molecule has 104 valence electrons. The molecule has 5 heteroatoms. The average Bonchev–Trinajstić information content (AvgIpc) is 2.46. The van der Waals surface area contributed by atoms with E-state index >= 15 is 0 Å². The zero-order valence-corrected chi connectivity index (χ0v) is 11.2. The van der Waals surface area contributed by atoms with Crippen LogP contribution in [0, 0.1) is 0 Å². The van der Waals surface area contributed by atoms with E-state index in [-0.39, 0.29) is 6.03 Å². The van der Waals surface area contributed by atoms with Crippen LogP contribution in [-0.4, -0.2) is 13.1 Å². The summed E-state index contributed by atoms with van der Waals surface area (Å²) in [7, 11) is 1.57. The molecular weight excluding hydrogens is 254 g/mol. The molecule has 0 saturated heterocycles. The Kier molecular flexibility index (Phi) is 4.44. The van der Waals surface area contributed by atoms with Crippen LogP contribution < -0.4 is 21.1 Å². The molecule has 2 rings (SSSR count). The van der Waals surface area contributed by atoms with Crippen molar-refractivity contribution in [2.24, 2.45) is 0 Å². The van der Waals surface area contributed by atoms with Gasteiger partial charge >= 0.3 is 6.03 Å². The van der Waals surface area contributed by atoms with Crippen molar-refractivity contribution in [3.63, 3.8) is 0 Å². The van der Waals surface area contributed by atoms with Crippen molar-refractivity contribution in [1.82, 2.24) is 5.32 Å². The quantitative estimate of drug-likeness (QED) is 0.748. The SMILES string of the molecule is COc1ccc(CNC(=O)Nc2ccccc2)cc1N. The maximum atomic E-state index is 11.7. The molecule has 0 saturated carbocycles. The highest BCUT2D eigenvalue weighted by molar-refractivity contribution is 5.89. The molecular formula is C15H17N3O2. The number of hydrogen-bond donors (Lipinski definition) is 3. The highest BCUT2D eigenvalue weighted by atomic mass is 16.5. The van der Waals surface area contributed by atoms with Gasteiger partial charge < -0.3 is 21.1 Å². The van der Waals surface area contributed by atoms with Crippen molar-refractivity contribution in [2.75, 3.05) is 18.2 Å². The van der Waals surface area contributed by atoms with Gasteiger partial charge in [0.25, 0.3) is 0 Å². The van der Waals surface area contributed by atoms with Crippen molar-refractivity contribution < 1.29 is 9.53 Å². The number of nitrogen functional groups attached to an aromatic ring is 1. The lowest BCUT2D eigenvalue weighted by atomic mass is 10.2. The van der Waals surface area contributed by atoms with Crippen LogP contribution in [0.3, 0.4) is 0 Å².